The number of carbonyl (C=O) groups is 2. The van der Waals surface area contributed by atoms with Gasteiger partial charge in [-0.15, -0.1) is 0 Å². The van der Waals surface area contributed by atoms with Crippen LogP contribution in [-0.4, -0.2) is 43.9 Å². The number of sulfone groups is 1. The van der Waals surface area contributed by atoms with Crippen LogP contribution in [0.15, 0.2) is 24.3 Å². The van der Waals surface area contributed by atoms with Crippen LogP contribution in [0.25, 0.3) is 0 Å². The third-order valence-corrected chi connectivity index (χ3v) is 5.71. The van der Waals surface area contributed by atoms with Crippen LogP contribution in [0.1, 0.15) is 18.9 Å². The summed E-state index contributed by atoms with van der Waals surface area (Å²) in [5, 5.41) is 8.40. The molecule has 1 aliphatic heterocycles. The van der Waals surface area contributed by atoms with Gasteiger partial charge in [0.25, 0.3) is 0 Å². The van der Waals surface area contributed by atoms with Gasteiger partial charge >= 0.3 is 6.03 Å². The maximum atomic E-state index is 12.0. The lowest BCUT2D eigenvalue weighted by Gasteiger charge is -2.17. The van der Waals surface area contributed by atoms with Crippen molar-refractivity contribution in [2.45, 2.75) is 32.0 Å². The van der Waals surface area contributed by atoms with Gasteiger partial charge in [0.2, 0.25) is 5.91 Å². The first-order chi connectivity index (χ1) is 11.2. The van der Waals surface area contributed by atoms with Crippen molar-refractivity contribution in [2.24, 2.45) is 0 Å². The molecule has 0 aromatic heterocycles. The van der Waals surface area contributed by atoms with Crippen LogP contribution in [-0.2, 0) is 21.2 Å². The van der Waals surface area contributed by atoms with Gasteiger partial charge in [0.1, 0.15) is 6.04 Å². The van der Waals surface area contributed by atoms with E-state index in [-0.39, 0.29) is 17.4 Å². The van der Waals surface area contributed by atoms with Crippen molar-refractivity contribution in [3.8, 4) is 0 Å². The van der Waals surface area contributed by atoms with Crippen LogP contribution in [0.5, 0.6) is 0 Å². The van der Waals surface area contributed by atoms with Crippen LogP contribution in [0.3, 0.4) is 0 Å². The van der Waals surface area contributed by atoms with Gasteiger partial charge in [0, 0.05) is 17.6 Å². The minimum atomic E-state index is -3.06. The Hall–Kier alpha value is -1.80. The highest BCUT2D eigenvalue weighted by atomic mass is 35.5. The lowest BCUT2D eigenvalue weighted by molar-refractivity contribution is -0.122. The summed E-state index contributed by atoms with van der Waals surface area (Å²) in [6.45, 7) is 1.88. The minimum absolute atomic E-state index is 0.0580. The summed E-state index contributed by atoms with van der Waals surface area (Å²) < 4.78 is 22.7. The number of rotatable bonds is 5. The zero-order valence-electron chi connectivity index (χ0n) is 13.2. The molecular weight excluding hydrogens is 354 g/mol. The normalized spacial score (nSPS) is 20.2. The Morgan fingerprint density at radius 3 is 2.54 bits per heavy atom. The van der Waals surface area contributed by atoms with E-state index in [9.17, 15) is 18.0 Å². The molecule has 9 heteroatoms. The molecule has 24 heavy (non-hydrogen) atoms. The van der Waals surface area contributed by atoms with Gasteiger partial charge in [-0.1, -0.05) is 23.7 Å². The molecule has 0 bridgehead atoms. The number of amides is 3. The van der Waals surface area contributed by atoms with Crippen molar-refractivity contribution < 1.29 is 18.0 Å². The highest BCUT2D eigenvalue weighted by Crippen LogP contribution is 2.11. The van der Waals surface area contributed by atoms with Crippen molar-refractivity contribution in [3.63, 3.8) is 0 Å². The summed E-state index contributed by atoms with van der Waals surface area (Å²) in [4.78, 5) is 23.8. The van der Waals surface area contributed by atoms with Crippen molar-refractivity contribution in [1.82, 2.24) is 16.0 Å². The van der Waals surface area contributed by atoms with E-state index in [1.54, 1.807) is 31.2 Å². The number of hydrogen-bond acceptors (Lipinski definition) is 4. The van der Waals surface area contributed by atoms with E-state index in [0.29, 0.717) is 18.0 Å². The molecule has 0 spiro atoms. The molecule has 3 N–H and O–H groups in total. The number of carbonyl (C=O) groups excluding carboxylic acids is 2. The predicted molar refractivity (Wildman–Crippen MR) is 91.5 cm³/mol. The fourth-order valence-electron chi connectivity index (χ4n) is 2.34. The Morgan fingerprint density at radius 2 is 1.96 bits per heavy atom. The third-order valence-electron chi connectivity index (χ3n) is 3.69. The van der Waals surface area contributed by atoms with E-state index in [0.717, 1.165) is 5.56 Å². The second-order valence-corrected chi connectivity index (χ2v) is 8.45. The number of urea groups is 1. The van der Waals surface area contributed by atoms with E-state index in [4.69, 9.17) is 11.6 Å². The fourth-order valence-corrected chi connectivity index (χ4v) is 4.14. The highest BCUT2D eigenvalue weighted by Gasteiger charge is 2.29. The van der Waals surface area contributed by atoms with Gasteiger partial charge in [-0.05, 0) is 31.0 Å². The quantitative estimate of drug-likeness (QED) is 0.711. The SMILES string of the molecule is C[C@@H](NC(=O)NC1CCS(=O)(=O)C1)C(=O)NCc1ccc(Cl)cc1. The number of nitrogens with one attached hydrogen (secondary N) is 3. The van der Waals surface area contributed by atoms with Crippen molar-refractivity contribution in [1.29, 1.82) is 0 Å². The second-order valence-electron chi connectivity index (χ2n) is 5.78. The fraction of sp³-hybridized carbons (Fsp3) is 0.467. The first kappa shape index (κ1) is 18.5. The first-order valence-corrected chi connectivity index (χ1v) is 9.75. The van der Waals surface area contributed by atoms with Gasteiger partial charge < -0.3 is 16.0 Å². The Labute approximate surface area is 146 Å². The standard InChI is InChI=1S/C15H20ClN3O4S/c1-10(14(20)17-8-11-2-4-12(16)5-3-11)18-15(21)19-13-6-7-24(22,23)9-13/h2-5,10,13H,6-9H2,1H3,(H,17,20)(H2,18,19,21)/t10-,13?/m1/s1. The number of benzene rings is 1. The zero-order valence-corrected chi connectivity index (χ0v) is 14.8. The summed E-state index contributed by atoms with van der Waals surface area (Å²) >= 11 is 5.79. The average molecular weight is 374 g/mol. The molecular formula is C15H20ClN3O4S. The molecule has 7 nitrogen and oxygen atoms in total. The molecule has 2 rings (SSSR count). The summed E-state index contributed by atoms with van der Waals surface area (Å²) in [6, 6.07) is 5.37. The molecule has 0 radical (unpaired) electrons. The van der Waals surface area contributed by atoms with Crippen LogP contribution in [0.4, 0.5) is 4.79 Å². The Balaban J connectivity index is 1.74. The summed E-state index contributed by atoms with van der Waals surface area (Å²) in [5.41, 5.74) is 0.889. The topological polar surface area (TPSA) is 104 Å². The van der Waals surface area contributed by atoms with E-state index in [1.165, 1.54) is 0 Å². The van der Waals surface area contributed by atoms with Crippen molar-refractivity contribution in [2.75, 3.05) is 11.5 Å². The molecule has 3 amide bonds. The maximum Gasteiger partial charge on any atom is 0.315 e. The van der Waals surface area contributed by atoms with Crippen LogP contribution >= 0.6 is 11.6 Å². The zero-order chi connectivity index (χ0) is 17.7. The first-order valence-electron chi connectivity index (χ1n) is 7.55. The largest absolute Gasteiger partial charge is 0.350 e. The summed E-state index contributed by atoms with van der Waals surface area (Å²) in [6.07, 6.45) is 0.396. The van der Waals surface area contributed by atoms with Gasteiger partial charge in [-0.25, -0.2) is 13.2 Å². The van der Waals surface area contributed by atoms with E-state index < -0.39 is 28.0 Å². The Kier molecular flexibility index (Phi) is 6.06. The summed E-state index contributed by atoms with van der Waals surface area (Å²) in [5.74, 6) is -0.314. The van der Waals surface area contributed by atoms with Crippen LogP contribution in [0.2, 0.25) is 5.02 Å². The van der Waals surface area contributed by atoms with Gasteiger partial charge in [0.05, 0.1) is 11.5 Å². The van der Waals surface area contributed by atoms with Crippen LogP contribution in [0, 0.1) is 0 Å². The second kappa shape index (κ2) is 7.85. The molecule has 1 unspecified atom stereocenters. The smallest absolute Gasteiger partial charge is 0.315 e. The predicted octanol–water partition coefficient (Wildman–Crippen LogP) is 0.831. The number of halogens is 1. The molecule has 1 aromatic rings. The monoisotopic (exact) mass is 373 g/mol. The summed E-state index contributed by atoms with van der Waals surface area (Å²) in [7, 11) is -3.06. The molecule has 2 atom stereocenters. The third kappa shape index (κ3) is 5.68. The molecule has 1 aromatic carbocycles. The molecule has 0 saturated carbocycles. The van der Waals surface area contributed by atoms with Gasteiger partial charge in [-0.2, -0.15) is 0 Å². The molecule has 1 fully saturated rings. The molecule has 1 saturated heterocycles. The average Bonchev–Trinajstić information content (AvgIpc) is 2.84. The molecule has 0 aliphatic carbocycles. The van der Waals surface area contributed by atoms with Gasteiger partial charge in [0.15, 0.2) is 9.84 Å². The molecule has 132 valence electrons. The van der Waals surface area contributed by atoms with Crippen molar-refractivity contribution in [3.05, 3.63) is 34.9 Å². The number of hydrogen-bond donors (Lipinski definition) is 3. The molecule has 1 aliphatic rings. The van der Waals surface area contributed by atoms with E-state index in [1.807, 2.05) is 0 Å². The lowest BCUT2D eigenvalue weighted by Crippen LogP contribution is -2.50. The molecule has 1 heterocycles. The van der Waals surface area contributed by atoms with E-state index >= 15 is 0 Å². The minimum Gasteiger partial charge on any atom is -0.350 e. The Morgan fingerprint density at radius 1 is 1.29 bits per heavy atom. The van der Waals surface area contributed by atoms with E-state index in [2.05, 4.69) is 16.0 Å². The Bertz CT molecular complexity index is 706. The van der Waals surface area contributed by atoms with Crippen molar-refractivity contribution >= 4 is 33.4 Å². The maximum absolute atomic E-state index is 12.0. The van der Waals surface area contributed by atoms with Gasteiger partial charge in [-0.3, -0.25) is 4.79 Å². The van der Waals surface area contributed by atoms with Crippen LogP contribution < -0.4 is 16.0 Å². The lowest BCUT2D eigenvalue weighted by atomic mass is 10.2. The highest BCUT2D eigenvalue weighted by molar-refractivity contribution is 7.91.